The molecule has 110 valence electrons. The standard InChI is InChI=1S/C15H14ClNO3S/c1-21(19,20)10-11-2-4-12(5-3-11)15(18)17-14-8-6-13(16)7-9-14/h2-9H,10H2,1H3,(H,17,18). The van der Waals surface area contributed by atoms with Gasteiger partial charge in [0.15, 0.2) is 9.84 Å². The summed E-state index contributed by atoms with van der Waals surface area (Å²) in [5.74, 6) is -0.297. The van der Waals surface area contributed by atoms with Gasteiger partial charge in [0.2, 0.25) is 0 Å². The highest BCUT2D eigenvalue weighted by Gasteiger charge is 2.08. The molecule has 4 nitrogen and oxygen atoms in total. The van der Waals surface area contributed by atoms with Crippen LogP contribution >= 0.6 is 11.6 Å². The van der Waals surface area contributed by atoms with Gasteiger partial charge < -0.3 is 5.32 Å². The molecule has 0 aromatic heterocycles. The second-order valence-corrected chi connectivity index (χ2v) is 7.30. The van der Waals surface area contributed by atoms with Crippen LogP contribution in [-0.2, 0) is 15.6 Å². The average molecular weight is 324 g/mol. The molecule has 0 fully saturated rings. The fourth-order valence-electron chi connectivity index (χ4n) is 1.79. The quantitative estimate of drug-likeness (QED) is 0.940. The van der Waals surface area contributed by atoms with Crippen molar-refractivity contribution in [3.63, 3.8) is 0 Å². The molecule has 1 amide bonds. The maximum absolute atomic E-state index is 12.0. The zero-order valence-corrected chi connectivity index (χ0v) is 12.9. The summed E-state index contributed by atoms with van der Waals surface area (Å²) in [5.41, 5.74) is 1.76. The summed E-state index contributed by atoms with van der Waals surface area (Å²) in [7, 11) is -3.08. The highest BCUT2D eigenvalue weighted by molar-refractivity contribution is 7.89. The number of amides is 1. The molecule has 0 aliphatic carbocycles. The molecule has 2 rings (SSSR count). The fourth-order valence-corrected chi connectivity index (χ4v) is 2.72. The molecule has 2 aromatic carbocycles. The molecule has 21 heavy (non-hydrogen) atoms. The van der Waals surface area contributed by atoms with E-state index >= 15 is 0 Å². The third kappa shape index (κ3) is 4.88. The van der Waals surface area contributed by atoms with Gasteiger partial charge in [0.25, 0.3) is 5.91 Å². The first-order chi connectivity index (χ1) is 9.83. The Labute approximate surface area is 128 Å². The van der Waals surface area contributed by atoms with Gasteiger partial charge in [0.05, 0.1) is 5.75 Å². The minimum absolute atomic E-state index is 0.0356. The zero-order valence-electron chi connectivity index (χ0n) is 11.3. The Hall–Kier alpha value is -1.85. The first-order valence-electron chi connectivity index (χ1n) is 6.17. The molecule has 2 aromatic rings. The van der Waals surface area contributed by atoms with Crippen molar-refractivity contribution in [3.05, 3.63) is 64.7 Å². The van der Waals surface area contributed by atoms with E-state index in [9.17, 15) is 13.2 Å². The minimum Gasteiger partial charge on any atom is -0.322 e. The number of hydrogen-bond acceptors (Lipinski definition) is 3. The molecule has 0 unspecified atom stereocenters. The molecule has 0 atom stereocenters. The summed E-state index contributed by atoms with van der Waals surface area (Å²) in [6.07, 6.45) is 1.17. The summed E-state index contributed by atoms with van der Waals surface area (Å²) >= 11 is 5.77. The molecular weight excluding hydrogens is 310 g/mol. The van der Waals surface area contributed by atoms with Gasteiger partial charge in [-0.05, 0) is 42.0 Å². The van der Waals surface area contributed by atoms with Crippen LogP contribution in [0.3, 0.4) is 0 Å². The lowest BCUT2D eigenvalue weighted by molar-refractivity contribution is 0.102. The van der Waals surface area contributed by atoms with Crippen molar-refractivity contribution in [2.75, 3.05) is 11.6 Å². The molecule has 0 aliphatic rings. The number of carbonyl (C=O) groups is 1. The first kappa shape index (κ1) is 15.5. The molecule has 1 N–H and O–H groups in total. The normalized spacial score (nSPS) is 11.1. The van der Waals surface area contributed by atoms with Crippen LogP contribution < -0.4 is 5.32 Å². The Morgan fingerprint density at radius 1 is 1.05 bits per heavy atom. The van der Waals surface area contributed by atoms with Gasteiger partial charge in [0, 0.05) is 22.5 Å². The van der Waals surface area contributed by atoms with E-state index in [1.54, 1.807) is 48.5 Å². The third-order valence-corrected chi connectivity index (χ3v) is 3.86. The van der Waals surface area contributed by atoms with Crippen LogP contribution in [0.2, 0.25) is 5.02 Å². The van der Waals surface area contributed by atoms with Crippen molar-refractivity contribution < 1.29 is 13.2 Å². The number of rotatable bonds is 4. The van der Waals surface area contributed by atoms with E-state index in [-0.39, 0.29) is 11.7 Å². The summed E-state index contributed by atoms with van der Waals surface area (Å²) in [6.45, 7) is 0. The molecular formula is C15H14ClNO3S. The lowest BCUT2D eigenvalue weighted by atomic mass is 10.1. The second-order valence-electron chi connectivity index (χ2n) is 4.73. The highest BCUT2D eigenvalue weighted by atomic mass is 35.5. The van der Waals surface area contributed by atoms with E-state index in [1.165, 1.54) is 6.26 Å². The van der Waals surface area contributed by atoms with Crippen molar-refractivity contribution in [2.24, 2.45) is 0 Å². The van der Waals surface area contributed by atoms with Gasteiger partial charge >= 0.3 is 0 Å². The number of carbonyl (C=O) groups excluding carboxylic acids is 1. The van der Waals surface area contributed by atoms with Crippen molar-refractivity contribution in [2.45, 2.75) is 5.75 Å². The average Bonchev–Trinajstić information content (AvgIpc) is 2.40. The van der Waals surface area contributed by atoms with Crippen LogP contribution in [0.15, 0.2) is 48.5 Å². The van der Waals surface area contributed by atoms with E-state index in [0.717, 1.165) is 0 Å². The summed E-state index contributed by atoms with van der Waals surface area (Å²) < 4.78 is 22.4. The molecule has 0 radical (unpaired) electrons. The summed E-state index contributed by atoms with van der Waals surface area (Å²) in [6, 6.07) is 13.3. The van der Waals surface area contributed by atoms with Crippen LogP contribution in [0.5, 0.6) is 0 Å². The third-order valence-electron chi connectivity index (χ3n) is 2.75. The minimum atomic E-state index is -3.08. The van der Waals surface area contributed by atoms with Crippen molar-refractivity contribution in [3.8, 4) is 0 Å². The Balaban J connectivity index is 2.08. The fraction of sp³-hybridized carbons (Fsp3) is 0.133. The monoisotopic (exact) mass is 323 g/mol. The van der Waals surface area contributed by atoms with Crippen LogP contribution in [0.4, 0.5) is 5.69 Å². The summed E-state index contributed by atoms with van der Waals surface area (Å²) in [5, 5.41) is 3.33. The van der Waals surface area contributed by atoms with E-state index in [2.05, 4.69) is 5.32 Å². The first-order valence-corrected chi connectivity index (χ1v) is 8.61. The number of halogens is 1. The smallest absolute Gasteiger partial charge is 0.255 e. The Morgan fingerprint density at radius 3 is 2.14 bits per heavy atom. The number of benzene rings is 2. The van der Waals surface area contributed by atoms with E-state index in [0.29, 0.717) is 21.8 Å². The Kier molecular flexibility index (Phi) is 4.65. The van der Waals surface area contributed by atoms with Gasteiger partial charge in [-0.2, -0.15) is 0 Å². The number of hydrogen-bond donors (Lipinski definition) is 1. The maximum atomic E-state index is 12.0. The zero-order chi connectivity index (χ0) is 15.5. The predicted octanol–water partition coefficient (Wildman–Crippen LogP) is 3.14. The Bertz CT molecular complexity index is 737. The Morgan fingerprint density at radius 2 is 1.62 bits per heavy atom. The van der Waals surface area contributed by atoms with E-state index in [4.69, 9.17) is 11.6 Å². The van der Waals surface area contributed by atoms with Gasteiger partial charge in [-0.25, -0.2) is 8.42 Å². The van der Waals surface area contributed by atoms with E-state index in [1.807, 2.05) is 0 Å². The highest BCUT2D eigenvalue weighted by Crippen LogP contribution is 2.15. The van der Waals surface area contributed by atoms with Crippen molar-refractivity contribution in [1.82, 2.24) is 0 Å². The van der Waals surface area contributed by atoms with Gasteiger partial charge in [-0.15, -0.1) is 0 Å². The molecule has 0 saturated carbocycles. The number of sulfone groups is 1. The lowest BCUT2D eigenvalue weighted by Gasteiger charge is -2.06. The van der Waals surface area contributed by atoms with Crippen LogP contribution in [-0.4, -0.2) is 20.6 Å². The van der Waals surface area contributed by atoms with Gasteiger partial charge in [-0.1, -0.05) is 23.7 Å². The largest absolute Gasteiger partial charge is 0.322 e. The van der Waals surface area contributed by atoms with Gasteiger partial charge in [-0.3, -0.25) is 4.79 Å². The van der Waals surface area contributed by atoms with Gasteiger partial charge in [0.1, 0.15) is 0 Å². The molecule has 0 aliphatic heterocycles. The van der Waals surface area contributed by atoms with E-state index < -0.39 is 9.84 Å². The topological polar surface area (TPSA) is 63.2 Å². The number of nitrogens with one attached hydrogen (secondary N) is 1. The summed E-state index contributed by atoms with van der Waals surface area (Å²) in [4.78, 5) is 12.0. The molecule has 0 spiro atoms. The van der Waals surface area contributed by atoms with Crippen molar-refractivity contribution >= 4 is 33.0 Å². The number of anilines is 1. The van der Waals surface area contributed by atoms with Crippen molar-refractivity contribution in [1.29, 1.82) is 0 Å². The SMILES string of the molecule is CS(=O)(=O)Cc1ccc(C(=O)Nc2ccc(Cl)cc2)cc1. The predicted molar refractivity (Wildman–Crippen MR) is 84.4 cm³/mol. The molecule has 6 heteroatoms. The van der Waals surface area contributed by atoms with Crippen LogP contribution in [0, 0.1) is 0 Å². The van der Waals surface area contributed by atoms with Crippen LogP contribution in [0.1, 0.15) is 15.9 Å². The second kappa shape index (κ2) is 6.28. The van der Waals surface area contributed by atoms with Crippen LogP contribution in [0.25, 0.3) is 0 Å². The lowest BCUT2D eigenvalue weighted by Crippen LogP contribution is -2.12. The molecule has 0 saturated heterocycles. The maximum Gasteiger partial charge on any atom is 0.255 e. The molecule has 0 bridgehead atoms. The molecule has 0 heterocycles.